The summed E-state index contributed by atoms with van der Waals surface area (Å²) in [6, 6.07) is -0.619. The molecule has 0 aromatic heterocycles. The van der Waals surface area contributed by atoms with Crippen molar-refractivity contribution >= 4 is 23.7 Å². The lowest BCUT2D eigenvalue weighted by molar-refractivity contribution is -0.138. The third kappa shape index (κ3) is 5.22. The van der Waals surface area contributed by atoms with Crippen molar-refractivity contribution in [3.63, 3.8) is 0 Å². The smallest absolute Gasteiger partial charge is 0.408 e. The molecule has 2 N–H and O–H groups in total. The molecule has 128 valence electrons. The fourth-order valence-electron chi connectivity index (χ4n) is 2.28. The van der Waals surface area contributed by atoms with Crippen LogP contribution in [0.3, 0.4) is 0 Å². The first-order chi connectivity index (χ1) is 10.7. The van der Waals surface area contributed by atoms with Gasteiger partial charge in [0.1, 0.15) is 18.2 Å². The number of rotatable bonds is 4. The van der Waals surface area contributed by atoms with E-state index in [0.717, 1.165) is 12.8 Å². The molecule has 1 aliphatic heterocycles. The second kappa shape index (κ2) is 6.55. The SMILES string of the molecule is CC(C)(C)OC(=O)NCC(=O)N1CC(=O)C[C@H]1C(=O)NC1CC1. The van der Waals surface area contributed by atoms with Crippen molar-refractivity contribution in [2.24, 2.45) is 0 Å². The van der Waals surface area contributed by atoms with Gasteiger partial charge in [-0.2, -0.15) is 0 Å². The van der Waals surface area contributed by atoms with Crippen LogP contribution in [0.25, 0.3) is 0 Å². The molecule has 0 bridgehead atoms. The minimum Gasteiger partial charge on any atom is -0.444 e. The summed E-state index contributed by atoms with van der Waals surface area (Å²) in [5.74, 6) is -0.937. The van der Waals surface area contributed by atoms with Gasteiger partial charge in [0, 0.05) is 12.5 Å². The zero-order valence-corrected chi connectivity index (χ0v) is 13.7. The molecule has 0 aromatic rings. The van der Waals surface area contributed by atoms with Gasteiger partial charge >= 0.3 is 6.09 Å². The van der Waals surface area contributed by atoms with E-state index in [2.05, 4.69) is 10.6 Å². The molecule has 2 rings (SSSR count). The maximum atomic E-state index is 12.2. The summed E-state index contributed by atoms with van der Waals surface area (Å²) in [5.41, 5.74) is -0.663. The molecule has 1 saturated heterocycles. The van der Waals surface area contributed by atoms with E-state index in [1.165, 1.54) is 4.90 Å². The fourth-order valence-corrected chi connectivity index (χ4v) is 2.28. The highest BCUT2D eigenvalue weighted by Crippen LogP contribution is 2.21. The maximum absolute atomic E-state index is 12.2. The molecule has 0 aromatic carbocycles. The van der Waals surface area contributed by atoms with Crippen LogP contribution in [0.15, 0.2) is 0 Å². The van der Waals surface area contributed by atoms with Crippen LogP contribution in [0.5, 0.6) is 0 Å². The normalized spacial score (nSPS) is 21.1. The Kier molecular flexibility index (Phi) is 4.91. The van der Waals surface area contributed by atoms with Gasteiger partial charge in [0.25, 0.3) is 0 Å². The largest absolute Gasteiger partial charge is 0.444 e. The number of ketones is 1. The molecule has 2 aliphatic rings. The van der Waals surface area contributed by atoms with E-state index in [0.29, 0.717) is 0 Å². The van der Waals surface area contributed by atoms with Crippen molar-refractivity contribution in [3.8, 4) is 0 Å². The Labute approximate surface area is 134 Å². The van der Waals surface area contributed by atoms with Crippen molar-refractivity contribution < 1.29 is 23.9 Å². The second-order valence-corrected chi connectivity index (χ2v) is 6.92. The van der Waals surface area contributed by atoms with Gasteiger partial charge in [0.2, 0.25) is 11.8 Å². The number of nitrogens with one attached hydrogen (secondary N) is 2. The number of nitrogens with zero attached hydrogens (tertiary/aromatic N) is 1. The molecule has 0 radical (unpaired) electrons. The predicted octanol–water partition coefficient (Wildman–Crippen LogP) is -0.0403. The number of hydrogen-bond acceptors (Lipinski definition) is 5. The third-order valence-electron chi connectivity index (χ3n) is 3.47. The Morgan fingerprint density at radius 3 is 2.48 bits per heavy atom. The van der Waals surface area contributed by atoms with E-state index >= 15 is 0 Å². The van der Waals surface area contributed by atoms with E-state index in [9.17, 15) is 19.2 Å². The van der Waals surface area contributed by atoms with E-state index in [1.807, 2.05) is 0 Å². The Morgan fingerprint density at radius 1 is 1.26 bits per heavy atom. The van der Waals surface area contributed by atoms with Crippen molar-refractivity contribution in [1.82, 2.24) is 15.5 Å². The molecule has 23 heavy (non-hydrogen) atoms. The highest BCUT2D eigenvalue weighted by Gasteiger charge is 2.40. The molecule has 1 heterocycles. The van der Waals surface area contributed by atoms with Crippen molar-refractivity contribution in [2.75, 3.05) is 13.1 Å². The topological polar surface area (TPSA) is 105 Å². The summed E-state index contributed by atoms with van der Waals surface area (Å²) < 4.78 is 5.04. The van der Waals surface area contributed by atoms with Crippen LogP contribution in [0.2, 0.25) is 0 Å². The van der Waals surface area contributed by atoms with E-state index in [-0.39, 0.29) is 37.2 Å². The van der Waals surface area contributed by atoms with Crippen molar-refractivity contribution in [1.29, 1.82) is 0 Å². The average Bonchev–Trinajstić information content (AvgIpc) is 3.13. The molecule has 1 saturated carbocycles. The van der Waals surface area contributed by atoms with Gasteiger partial charge in [-0.25, -0.2) is 4.79 Å². The van der Waals surface area contributed by atoms with E-state index in [4.69, 9.17) is 4.74 Å². The van der Waals surface area contributed by atoms with Crippen molar-refractivity contribution in [3.05, 3.63) is 0 Å². The number of ether oxygens (including phenoxy) is 1. The van der Waals surface area contributed by atoms with Crippen LogP contribution in [0.1, 0.15) is 40.0 Å². The lowest BCUT2D eigenvalue weighted by atomic mass is 10.2. The minimum atomic E-state index is -0.781. The van der Waals surface area contributed by atoms with E-state index < -0.39 is 23.6 Å². The first-order valence-corrected chi connectivity index (χ1v) is 7.74. The predicted molar refractivity (Wildman–Crippen MR) is 80.5 cm³/mol. The number of Topliss-reactive ketones (excluding diaryl/α,β-unsaturated/α-hetero) is 1. The number of hydrogen-bond donors (Lipinski definition) is 2. The third-order valence-corrected chi connectivity index (χ3v) is 3.47. The quantitative estimate of drug-likeness (QED) is 0.754. The zero-order valence-electron chi connectivity index (χ0n) is 13.7. The van der Waals surface area contributed by atoms with Crippen LogP contribution in [0.4, 0.5) is 4.79 Å². The fraction of sp³-hybridized carbons (Fsp3) is 0.733. The molecule has 1 atom stereocenters. The lowest BCUT2D eigenvalue weighted by Crippen LogP contribution is -2.49. The van der Waals surface area contributed by atoms with Gasteiger partial charge in [-0.3, -0.25) is 14.4 Å². The first kappa shape index (κ1) is 17.2. The van der Waals surface area contributed by atoms with Crippen LogP contribution >= 0.6 is 0 Å². The van der Waals surface area contributed by atoms with Gasteiger partial charge in [-0.15, -0.1) is 0 Å². The molecule has 1 aliphatic carbocycles. The molecule has 0 spiro atoms. The van der Waals surface area contributed by atoms with Crippen LogP contribution in [-0.4, -0.2) is 59.4 Å². The maximum Gasteiger partial charge on any atom is 0.408 e. The number of likely N-dealkylation sites (tertiary alicyclic amines) is 1. The highest BCUT2D eigenvalue weighted by atomic mass is 16.6. The standard InChI is InChI=1S/C15H23N3O5/c1-15(2,3)23-14(22)16-7-12(20)18-8-10(19)6-11(18)13(21)17-9-4-5-9/h9,11H,4-8H2,1-3H3,(H,16,22)(H,17,21)/t11-/m0/s1. The first-order valence-electron chi connectivity index (χ1n) is 7.74. The summed E-state index contributed by atoms with van der Waals surface area (Å²) >= 11 is 0. The summed E-state index contributed by atoms with van der Waals surface area (Å²) in [6.45, 7) is 4.73. The Morgan fingerprint density at radius 2 is 1.91 bits per heavy atom. The molecule has 3 amide bonds. The number of alkyl carbamates (subject to hydrolysis) is 1. The van der Waals surface area contributed by atoms with Gasteiger partial charge in [0.15, 0.2) is 5.78 Å². The number of amides is 3. The zero-order chi connectivity index (χ0) is 17.2. The highest BCUT2D eigenvalue weighted by molar-refractivity contribution is 5.99. The second-order valence-electron chi connectivity index (χ2n) is 6.92. The van der Waals surface area contributed by atoms with Gasteiger partial charge in [-0.05, 0) is 33.6 Å². The Balaban J connectivity index is 1.87. The summed E-state index contributed by atoms with van der Waals surface area (Å²) in [6.07, 6.45) is 1.17. The van der Waals surface area contributed by atoms with Crippen LogP contribution < -0.4 is 10.6 Å². The van der Waals surface area contributed by atoms with Crippen molar-refractivity contribution in [2.45, 2.75) is 57.7 Å². The summed E-state index contributed by atoms with van der Waals surface area (Å²) in [5, 5.41) is 5.15. The molecule has 2 fully saturated rings. The monoisotopic (exact) mass is 325 g/mol. The Hall–Kier alpha value is -2.12. The van der Waals surface area contributed by atoms with Gasteiger partial charge in [-0.1, -0.05) is 0 Å². The van der Waals surface area contributed by atoms with Crippen LogP contribution in [-0.2, 0) is 19.1 Å². The molecule has 0 unspecified atom stereocenters. The molecular weight excluding hydrogens is 302 g/mol. The number of carbonyl (C=O) groups excluding carboxylic acids is 4. The summed E-state index contributed by atoms with van der Waals surface area (Å²) in [4.78, 5) is 48.7. The van der Waals surface area contributed by atoms with Crippen LogP contribution in [0, 0.1) is 0 Å². The van der Waals surface area contributed by atoms with Gasteiger partial charge in [0.05, 0.1) is 6.54 Å². The molecular formula is C15H23N3O5. The number of carbonyl (C=O) groups is 4. The molecule has 8 nitrogen and oxygen atoms in total. The summed E-state index contributed by atoms with van der Waals surface area (Å²) in [7, 11) is 0. The Bertz CT molecular complexity index is 522. The average molecular weight is 325 g/mol. The minimum absolute atomic E-state index is 0.0245. The lowest BCUT2D eigenvalue weighted by Gasteiger charge is -2.24. The molecule has 8 heteroatoms. The van der Waals surface area contributed by atoms with E-state index in [1.54, 1.807) is 20.8 Å². The van der Waals surface area contributed by atoms with Gasteiger partial charge < -0.3 is 20.3 Å².